The van der Waals surface area contributed by atoms with E-state index >= 15 is 0 Å². The topological polar surface area (TPSA) is 125 Å². The highest BCUT2D eigenvalue weighted by atomic mass is 16.5. The maximum atomic E-state index is 12.0. The molecule has 1 amide bonds. The normalized spacial score (nSPS) is 13.7. The van der Waals surface area contributed by atoms with Crippen LogP contribution in [-0.4, -0.2) is 53.6 Å². The fourth-order valence-electron chi connectivity index (χ4n) is 1.91. The Balaban J connectivity index is 2.58. The van der Waals surface area contributed by atoms with Crippen molar-refractivity contribution < 1.29 is 24.9 Å². The standard InChI is InChI=1S/C14H22N2O5/c1-21-8-10(4-5-17)16-14(20)11(15)6-9-2-3-12(18)13(19)7-9/h2-3,7,10-11,17-19H,4-6,8,15H2,1H3,(H,16,20)/t10?,11-/m0/s1. The van der Waals surface area contributed by atoms with Gasteiger partial charge in [-0.1, -0.05) is 6.07 Å². The zero-order valence-electron chi connectivity index (χ0n) is 12.0. The minimum Gasteiger partial charge on any atom is -0.504 e. The van der Waals surface area contributed by atoms with Crippen LogP contribution in [0.2, 0.25) is 0 Å². The maximum Gasteiger partial charge on any atom is 0.237 e. The molecule has 0 aliphatic heterocycles. The van der Waals surface area contributed by atoms with E-state index in [1.165, 1.54) is 19.2 Å². The van der Waals surface area contributed by atoms with Gasteiger partial charge in [-0.2, -0.15) is 0 Å². The van der Waals surface area contributed by atoms with Gasteiger partial charge in [-0.15, -0.1) is 0 Å². The molecule has 0 saturated heterocycles. The predicted molar refractivity (Wildman–Crippen MR) is 77.0 cm³/mol. The van der Waals surface area contributed by atoms with E-state index in [0.717, 1.165) is 0 Å². The number of amides is 1. The number of hydrogen-bond acceptors (Lipinski definition) is 6. The van der Waals surface area contributed by atoms with E-state index in [4.69, 9.17) is 15.6 Å². The number of phenols is 2. The Bertz CT molecular complexity index is 461. The van der Waals surface area contributed by atoms with Crippen LogP contribution >= 0.6 is 0 Å². The second-order valence-electron chi connectivity index (χ2n) is 4.81. The molecule has 0 radical (unpaired) electrons. The van der Waals surface area contributed by atoms with Crippen LogP contribution in [0.1, 0.15) is 12.0 Å². The van der Waals surface area contributed by atoms with Crippen molar-refractivity contribution in [3.8, 4) is 11.5 Å². The third kappa shape index (κ3) is 5.58. The number of nitrogens with two attached hydrogens (primary N) is 1. The molecule has 2 atom stereocenters. The number of phenolic OH excluding ortho intramolecular Hbond substituents is 2. The second kappa shape index (κ2) is 8.46. The minimum atomic E-state index is -0.799. The number of benzene rings is 1. The molecule has 6 N–H and O–H groups in total. The van der Waals surface area contributed by atoms with Crippen LogP contribution in [0, 0.1) is 0 Å². The Morgan fingerprint density at radius 2 is 2.10 bits per heavy atom. The summed E-state index contributed by atoms with van der Waals surface area (Å²) >= 11 is 0. The minimum absolute atomic E-state index is 0.0601. The molecule has 0 heterocycles. The summed E-state index contributed by atoms with van der Waals surface area (Å²) in [5.74, 6) is -0.837. The molecule has 0 spiro atoms. The molecule has 0 saturated carbocycles. The van der Waals surface area contributed by atoms with Gasteiger partial charge in [0.2, 0.25) is 5.91 Å². The highest BCUT2D eigenvalue weighted by Crippen LogP contribution is 2.25. The van der Waals surface area contributed by atoms with Crippen LogP contribution in [0.15, 0.2) is 18.2 Å². The monoisotopic (exact) mass is 298 g/mol. The van der Waals surface area contributed by atoms with Gasteiger partial charge in [0, 0.05) is 13.7 Å². The van der Waals surface area contributed by atoms with Crippen molar-refractivity contribution in [1.29, 1.82) is 0 Å². The number of rotatable bonds is 8. The summed E-state index contributed by atoms with van der Waals surface area (Å²) < 4.78 is 4.96. The molecule has 1 aromatic rings. The Labute approximate surface area is 123 Å². The van der Waals surface area contributed by atoms with Crippen molar-refractivity contribution >= 4 is 5.91 Å². The van der Waals surface area contributed by atoms with Gasteiger partial charge in [0.1, 0.15) is 0 Å². The summed E-state index contributed by atoms with van der Waals surface area (Å²) in [5, 5.41) is 30.2. The molecular formula is C14H22N2O5. The summed E-state index contributed by atoms with van der Waals surface area (Å²) in [6.07, 6.45) is 0.602. The van der Waals surface area contributed by atoms with Crippen molar-refractivity contribution in [2.24, 2.45) is 5.73 Å². The van der Waals surface area contributed by atoms with Crippen molar-refractivity contribution in [3.05, 3.63) is 23.8 Å². The molecule has 0 fully saturated rings. The fourth-order valence-corrected chi connectivity index (χ4v) is 1.91. The van der Waals surface area contributed by atoms with Crippen LogP contribution in [-0.2, 0) is 16.0 Å². The number of aliphatic hydroxyl groups is 1. The van der Waals surface area contributed by atoms with Crippen LogP contribution in [0.25, 0.3) is 0 Å². The number of hydrogen-bond donors (Lipinski definition) is 5. The third-order valence-corrected chi connectivity index (χ3v) is 3.02. The molecule has 1 unspecified atom stereocenters. The SMILES string of the molecule is COCC(CCO)NC(=O)[C@@H](N)Cc1ccc(O)c(O)c1. The number of carbonyl (C=O) groups excluding carboxylic acids is 1. The molecule has 0 aliphatic carbocycles. The lowest BCUT2D eigenvalue weighted by Gasteiger charge is -2.19. The summed E-state index contributed by atoms with van der Waals surface area (Å²) in [4.78, 5) is 12.0. The molecule has 0 bridgehead atoms. The molecule has 1 aromatic carbocycles. The molecule has 1 rings (SSSR count). The zero-order chi connectivity index (χ0) is 15.8. The lowest BCUT2D eigenvalue weighted by atomic mass is 10.0. The van der Waals surface area contributed by atoms with Gasteiger partial charge in [-0.3, -0.25) is 4.79 Å². The summed E-state index contributed by atoms with van der Waals surface area (Å²) in [7, 11) is 1.51. The van der Waals surface area contributed by atoms with Crippen molar-refractivity contribution in [1.82, 2.24) is 5.32 Å². The summed E-state index contributed by atoms with van der Waals surface area (Å²) in [5.41, 5.74) is 6.46. The smallest absolute Gasteiger partial charge is 0.237 e. The molecule has 21 heavy (non-hydrogen) atoms. The predicted octanol–water partition coefficient (Wildman–Crippen LogP) is -0.519. The number of ether oxygens (including phenoxy) is 1. The van der Waals surface area contributed by atoms with Crippen LogP contribution in [0.3, 0.4) is 0 Å². The van der Waals surface area contributed by atoms with Crippen LogP contribution in [0.5, 0.6) is 11.5 Å². The average molecular weight is 298 g/mol. The third-order valence-electron chi connectivity index (χ3n) is 3.02. The Morgan fingerprint density at radius 1 is 1.38 bits per heavy atom. The second-order valence-corrected chi connectivity index (χ2v) is 4.81. The quantitative estimate of drug-likeness (QED) is 0.411. The van der Waals surface area contributed by atoms with E-state index in [2.05, 4.69) is 5.32 Å². The summed E-state index contributed by atoms with van der Waals surface area (Å²) in [6.45, 7) is 0.231. The van der Waals surface area contributed by atoms with Gasteiger partial charge in [-0.05, 0) is 30.5 Å². The van der Waals surface area contributed by atoms with Crippen LogP contribution < -0.4 is 11.1 Å². The van der Waals surface area contributed by atoms with Gasteiger partial charge in [0.25, 0.3) is 0 Å². The Kier molecular flexibility index (Phi) is 6.93. The highest BCUT2D eigenvalue weighted by molar-refractivity contribution is 5.82. The number of carbonyl (C=O) groups is 1. The zero-order valence-corrected chi connectivity index (χ0v) is 12.0. The molecule has 7 nitrogen and oxygen atoms in total. The molecule has 0 aromatic heterocycles. The molecule has 118 valence electrons. The lowest BCUT2D eigenvalue weighted by molar-refractivity contribution is -0.123. The number of aromatic hydroxyl groups is 2. The summed E-state index contributed by atoms with van der Waals surface area (Å²) in [6, 6.07) is 3.19. The van der Waals surface area contributed by atoms with E-state index in [0.29, 0.717) is 18.6 Å². The van der Waals surface area contributed by atoms with Gasteiger partial charge in [-0.25, -0.2) is 0 Å². The number of nitrogens with one attached hydrogen (secondary N) is 1. The largest absolute Gasteiger partial charge is 0.504 e. The Morgan fingerprint density at radius 3 is 2.67 bits per heavy atom. The van der Waals surface area contributed by atoms with Crippen molar-refractivity contribution in [3.63, 3.8) is 0 Å². The van der Waals surface area contributed by atoms with Gasteiger partial charge in [0.15, 0.2) is 11.5 Å². The van der Waals surface area contributed by atoms with E-state index in [1.54, 1.807) is 6.07 Å². The number of aliphatic hydroxyl groups excluding tert-OH is 1. The fraction of sp³-hybridized carbons (Fsp3) is 0.500. The first-order valence-electron chi connectivity index (χ1n) is 6.64. The van der Waals surface area contributed by atoms with Gasteiger partial charge >= 0.3 is 0 Å². The Hall–Kier alpha value is -1.83. The van der Waals surface area contributed by atoms with Gasteiger partial charge < -0.3 is 31.1 Å². The highest BCUT2D eigenvalue weighted by Gasteiger charge is 2.18. The molecule has 7 heteroatoms. The first-order valence-corrected chi connectivity index (χ1v) is 6.64. The van der Waals surface area contributed by atoms with E-state index in [-0.39, 0.29) is 36.5 Å². The van der Waals surface area contributed by atoms with E-state index in [9.17, 15) is 15.0 Å². The van der Waals surface area contributed by atoms with Crippen molar-refractivity contribution in [2.75, 3.05) is 20.3 Å². The first-order chi connectivity index (χ1) is 9.97. The van der Waals surface area contributed by atoms with Crippen LogP contribution in [0.4, 0.5) is 0 Å². The lowest BCUT2D eigenvalue weighted by Crippen LogP contribution is -2.48. The molecule has 0 aliphatic rings. The average Bonchev–Trinajstić information content (AvgIpc) is 2.43. The number of methoxy groups -OCH3 is 1. The van der Waals surface area contributed by atoms with E-state index < -0.39 is 6.04 Å². The maximum absolute atomic E-state index is 12.0. The van der Waals surface area contributed by atoms with Crippen molar-refractivity contribution in [2.45, 2.75) is 24.9 Å². The molecular weight excluding hydrogens is 276 g/mol. The first kappa shape index (κ1) is 17.2. The van der Waals surface area contributed by atoms with Gasteiger partial charge in [0.05, 0.1) is 18.7 Å². The van der Waals surface area contributed by atoms with E-state index in [1.807, 2.05) is 0 Å².